The second-order valence-electron chi connectivity index (χ2n) is 9.29. The smallest absolute Gasteiger partial charge is 0.386 e. The van der Waals surface area contributed by atoms with E-state index in [-0.39, 0.29) is 34.7 Å². The summed E-state index contributed by atoms with van der Waals surface area (Å²) in [5.74, 6) is -0.238. The van der Waals surface area contributed by atoms with Crippen molar-refractivity contribution in [2.45, 2.75) is 49.5 Å². The molecule has 2 aliphatic heterocycles. The molecule has 220 valence electrons. The van der Waals surface area contributed by atoms with Crippen LogP contribution in [0.25, 0.3) is 22.3 Å². The summed E-state index contributed by atoms with van der Waals surface area (Å²) >= 11 is 3.96. The van der Waals surface area contributed by atoms with E-state index in [0.717, 1.165) is 10.9 Å². The molecule has 0 bridgehead atoms. The van der Waals surface area contributed by atoms with Crippen LogP contribution in [-0.2, 0) is 23.1 Å². The molecule has 6 heterocycles. The fourth-order valence-electron chi connectivity index (χ4n) is 4.77. The Morgan fingerprint density at radius 1 is 1.15 bits per heavy atom. The molecular formula is C20H23FN9O9PS. The maximum atomic E-state index is 15.3. The van der Waals surface area contributed by atoms with Crippen molar-refractivity contribution in [2.75, 3.05) is 18.9 Å². The minimum Gasteiger partial charge on any atom is -0.394 e. The van der Waals surface area contributed by atoms with Crippen LogP contribution in [0.5, 0.6) is 0 Å². The first kappa shape index (κ1) is 27.9. The van der Waals surface area contributed by atoms with Crippen molar-refractivity contribution in [1.82, 2.24) is 39.0 Å². The quantitative estimate of drug-likeness (QED) is 0.104. The molecule has 6 N–H and O–H groups in total. The van der Waals surface area contributed by atoms with E-state index >= 15 is 4.39 Å². The van der Waals surface area contributed by atoms with E-state index in [1.807, 2.05) is 0 Å². The van der Waals surface area contributed by atoms with Gasteiger partial charge in [-0.05, 0) is 0 Å². The van der Waals surface area contributed by atoms with Gasteiger partial charge in [-0.15, -0.1) is 0 Å². The van der Waals surface area contributed by atoms with Gasteiger partial charge >= 0.3 is 6.80 Å². The monoisotopic (exact) mass is 615 g/mol. The van der Waals surface area contributed by atoms with Gasteiger partial charge in [0.05, 0.1) is 38.3 Å². The number of anilines is 1. The zero-order chi connectivity index (χ0) is 29.1. The maximum absolute atomic E-state index is 15.3. The van der Waals surface area contributed by atoms with Crippen LogP contribution in [0.15, 0.2) is 28.6 Å². The van der Waals surface area contributed by atoms with Gasteiger partial charge in [-0.3, -0.25) is 32.8 Å². The Hall–Kier alpha value is -3.23. The first-order valence-corrected chi connectivity index (χ1v) is 14.8. The molecule has 0 spiro atoms. The average molecular weight is 615 g/mol. The number of imidazole rings is 2. The summed E-state index contributed by atoms with van der Waals surface area (Å²) in [5.41, 5.74) is 4.66. The molecule has 8 atom stereocenters. The number of fused-ring (bicyclic) bond motifs is 2. The average Bonchev–Trinajstić information content (AvgIpc) is 3.69. The SMILES string of the molecule is Nc1nc2c(ncn2[C@@H]2O[C@H](CO)[C@@H](F)[C@H]2O[P@](=O)(S)OC[C@H]2O[C@@H](n3cnc4c(=O)[nH]cnc43)C[C@@H]2O)c(=O)[nH]1. The standard InChI is InChI=1S/C20H23FN9O9PS/c21-11-8(2-31)38-19(30-6-26-13-16(30)27-20(22)28-18(13)34)14(11)39-40(35,41)36-3-9-7(32)1-10(37-9)29-5-25-12-15(29)23-4-24-17(12)33/h4-11,14,19,31-32H,1-3H2,(H,35,41)(H,23,24,33)(H3,22,27,28,34)/t7-,8+,9+,10+,11+,14+,19+,40+/m0/s1. The summed E-state index contributed by atoms with van der Waals surface area (Å²) in [7, 11) is 0. The van der Waals surface area contributed by atoms with Crippen molar-refractivity contribution in [3.8, 4) is 0 Å². The van der Waals surface area contributed by atoms with Gasteiger partial charge in [-0.25, -0.2) is 23.9 Å². The van der Waals surface area contributed by atoms with E-state index in [0.29, 0.717) is 0 Å². The number of ether oxygens (including phenoxy) is 2. The molecule has 0 aliphatic carbocycles. The van der Waals surface area contributed by atoms with Crippen molar-refractivity contribution in [1.29, 1.82) is 0 Å². The fraction of sp³-hybridized carbons (Fsp3) is 0.500. The number of aromatic nitrogens is 8. The van der Waals surface area contributed by atoms with E-state index in [1.54, 1.807) is 0 Å². The molecule has 4 aromatic heterocycles. The molecule has 0 radical (unpaired) electrons. The Kier molecular flexibility index (Phi) is 7.19. The number of alkyl halides is 1. The van der Waals surface area contributed by atoms with Crippen LogP contribution in [0.1, 0.15) is 18.9 Å². The van der Waals surface area contributed by atoms with Crippen LogP contribution in [-0.4, -0.2) is 93.1 Å². The first-order chi connectivity index (χ1) is 19.6. The molecule has 0 amide bonds. The Labute approximate surface area is 232 Å². The number of halogens is 1. The number of rotatable bonds is 8. The third-order valence-electron chi connectivity index (χ3n) is 6.71. The highest BCUT2D eigenvalue weighted by Gasteiger charge is 2.50. The molecule has 41 heavy (non-hydrogen) atoms. The minimum atomic E-state index is -4.36. The molecule has 21 heteroatoms. The number of H-pyrrole nitrogens is 2. The summed E-state index contributed by atoms with van der Waals surface area (Å²) in [6.07, 6.45) is -5.57. The van der Waals surface area contributed by atoms with Crippen LogP contribution >= 0.6 is 19.0 Å². The number of nitrogen functional groups attached to an aromatic ring is 1. The zero-order valence-electron chi connectivity index (χ0n) is 20.7. The summed E-state index contributed by atoms with van der Waals surface area (Å²) in [4.78, 5) is 44.9. The largest absolute Gasteiger partial charge is 0.394 e. The van der Waals surface area contributed by atoms with Gasteiger partial charge < -0.3 is 30.4 Å². The van der Waals surface area contributed by atoms with Crippen LogP contribution in [0.2, 0.25) is 0 Å². The number of aliphatic hydroxyl groups excluding tert-OH is 2. The van der Waals surface area contributed by atoms with Crippen molar-refractivity contribution in [3.05, 3.63) is 39.7 Å². The van der Waals surface area contributed by atoms with Crippen LogP contribution in [0.4, 0.5) is 10.3 Å². The number of hydrogen-bond donors (Lipinski definition) is 6. The predicted octanol–water partition coefficient (Wildman–Crippen LogP) is -0.849. The van der Waals surface area contributed by atoms with Crippen LogP contribution in [0.3, 0.4) is 0 Å². The lowest BCUT2D eigenvalue weighted by molar-refractivity contribution is -0.0522. The van der Waals surface area contributed by atoms with Crippen molar-refractivity contribution >= 4 is 47.3 Å². The lowest BCUT2D eigenvalue weighted by Gasteiger charge is -2.25. The number of nitrogens with two attached hydrogens (primary N) is 1. The minimum absolute atomic E-state index is 0.0671. The normalized spacial score (nSPS) is 29.9. The molecular weight excluding hydrogens is 592 g/mol. The molecule has 0 aromatic carbocycles. The topological polar surface area (TPSA) is 248 Å². The number of aromatic amines is 2. The maximum Gasteiger partial charge on any atom is 0.386 e. The Bertz CT molecular complexity index is 1760. The highest BCUT2D eigenvalue weighted by molar-refractivity contribution is 8.44. The summed E-state index contributed by atoms with van der Waals surface area (Å²) in [6.45, 7) is -5.58. The van der Waals surface area contributed by atoms with E-state index in [2.05, 4.69) is 42.2 Å². The third kappa shape index (κ3) is 5.06. The number of nitrogens with zero attached hydrogens (tertiary/aromatic N) is 6. The number of aliphatic hydroxyl groups is 2. The second-order valence-corrected chi connectivity index (χ2v) is 12.2. The molecule has 18 nitrogen and oxygen atoms in total. The molecule has 2 fully saturated rings. The van der Waals surface area contributed by atoms with E-state index in [1.165, 1.54) is 17.2 Å². The molecule has 0 saturated carbocycles. The van der Waals surface area contributed by atoms with Crippen molar-refractivity contribution in [2.24, 2.45) is 0 Å². The summed E-state index contributed by atoms with van der Waals surface area (Å²) < 4.78 is 53.3. The number of thiol groups is 1. The van der Waals surface area contributed by atoms with E-state index in [9.17, 15) is 24.4 Å². The first-order valence-electron chi connectivity index (χ1n) is 12.1. The van der Waals surface area contributed by atoms with Gasteiger partial charge in [0.15, 0.2) is 34.7 Å². The summed E-state index contributed by atoms with van der Waals surface area (Å²) in [5, 5.41) is 20.1. The van der Waals surface area contributed by atoms with Crippen LogP contribution in [0, 0.1) is 0 Å². The fourth-order valence-corrected chi connectivity index (χ4v) is 6.22. The third-order valence-corrected chi connectivity index (χ3v) is 8.32. The summed E-state index contributed by atoms with van der Waals surface area (Å²) in [6, 6.07) is 0. The Balaban J connectivity index is 1.17. The molecule has 4 aromatic rings. The van der Waals surface area contributed by atoms with E-state index < -0.39 is 74.2 Å². The van der Waals surface area contributed by atoms with Crippen LogP contribution < -0.4 is 16.9 Å². The molecule has 2 saturated heterocycles. The van der Waals surface area contributed by atoms with Gasteiger partial charge in [0.1, 0.15) is 24.5 Å². The lowest BCUT2D eigenvalue weighted by Crippen LogP contribution is -2.32. The zero-order valence-corrected chi connectivity index (χ0v) is 22.5. The Morgan fingerprint density at radius 3 is 2.63 bits per heavy atom. The van der Waals surface area contributed by atoms with Gasteiger partial charge in [-0.2, -0.15) is 4.98 Å². The Morgan fingerprint density at radius 2 is 1.88 bits per heavy atom. The highest BCUT2D eigenvalue weighted by Crippen LogP contribution is 2.57. The number of nitrogens with one attached hydrogen (secondary N) is 2. The van der Waals surface area contributed by atoms with Gasteiger partial charge in [0.2, 0.25) is 5.95 Å². The van der Waals surface area contributed by atoms with Crippen molar-refractivity contribution in [3.63, 3.8) is 0 Å². The number of hydrogen-bond acceptors (Lipinski definition) is 14. The molecule has 6 rings (SSSR count). The van der Waals surface area contributed by atoms with E-state index in [4.69, 9.17) is 24.3 Å². The molecule has 0 unspecified atom stereocenters. The van der Waals surface area contributed by atoms with Crippen molar-refractivity contribution < 1.29 is 37.7 Å². The second kappa shape index (κ2) is 10.6. The van der Waals surface area contributed by atoms with Gasteiger partial charge in [-0.1, -0.05) is 12.2 Å². The molecule has 2 aliphatic rings. The predicted molar refractivity (Wildman–Crippen MR) is 139 cm³/mol. The highest BCUT2D eigenvalue weighted by atomic mass is 32.7. The lowest BCUT2D eigenvalue weighted by atomic mass is 10.1. The van der Waals surface area contributed by atoms with Gasteiger partial charge in [0, 0.05) is 6.42 Å². The van der Waals surface area contributed by atoms with Gasteiger partial charge in [0.25, 0.3) is 11.1 Å².